The summed E-state index contributed by atoms with van der Waals surface area (Å²) in [4.78, 5) is 4.51. The summed E-state index contributed by atoms with van der Waals surface area (Å²) in [5.74, 6) is 0.852. The second-order valence-electron chi connectivity index (χ2n) is 8.34. The van der Waals surface area contributed by atoms with Crippen LogP contribution in [-0.4, -0.2) is 36.0 Å². The van der Waals surface area contributed by atoms with Gasteiger partial charge in [-0.15, -0.1) is 5.10 Å². The first kappa shape index (κ1) is 16.1. The fourth-order valence-electron chi connectivity index (χ4n) is 4.79. The summed E-state index contributed by atoms with van der Waals surface area (Å²) in [6.07, 6.45) is 9.15. The molecule has 2 N–H and O–H groups in total. The number of nitrogens with zero attached hydrogens (tertiary/aromatic N) is 4. The van der Waals surface area contributed by atoms with Gasteiger partial charge in [-0.05, 0) is 68.9 Å². The standard InChI is InChI=1S/C21H21N5O2/c27-21-8-5-20(6-9-21,7-10-21)24-18-3-4-19-22-13-16(26(19)25-18)14-1-2-17-15(11-14)12-23-28-17/h1-4,11-13,27H,5-10H2,(H,24,25). The lowest BCUT2D eigenvalue weighted by molar-refractivity contribution is -0.0580. The van der Waals surface area contributed by atoms with Crippen molar-refractivity contribution in [3.8, 4) is 11.3 Å². The molecule has 3 aliphatic rings. The molecular weight excluding hydrogens is 354 g/mol. The lowest BCUT2D eigenvalue weighted by atomic mass is 9.63. The summed E-state index contributed by atoms with van der Waals surface area (Å²) in [5.41, 5.74) is 3.14. The van der Waals surface area contributed by atoms with E-state index in [4.69, 9.17) is 9.62 Å². The minimum absolute atomic E-state index is 0.0489. The van der Waals surface area contributed by atoms with Crippen molar-refractivity contribution in [2.75, 3.05) is 5.32 Å². The van der Waals surface area contributed by atoms with Gasteiger partial charge in [0.15, 0.2) is 11.2 Å². The zero-order valence-electron chi connectivity index (χ0n) is 15.4. The average molecular weight is 375 g/mol. The van der Waals surface area contributed by atoms with Crippen LogP contribution in [0, 0.1) is 0 Å². The predicted molar refractivity (Wildman–Crippen MR) is 105 cm³/mol. The molecule has 0 saturated heterocycles. The second kappa shape index (κ2) is 5.54. The van der Waals surface area contributed by atoms with E-state index >= 15 is 0 Å². The Labute approximate surface area is 161 Å². The van der Waals surface area contributed by atoms with E-state index in [1.165, 1.54) is 0 Å². The Balaban J connectivity index is 1.37. The van der Waals surface area contributed by atoms with Gasteiger partial charge in [0, 0.05) is 16.5 Å². The third kappa shape index (κ3) is 2.43. The molecule has 3 aliphatic carbocycles. The van der Waals surface area contributed by atoms with Gasteiger partial charge in [0.25, 0.3) is 0 Å². The highest BCUT2D eigenvalue weighted by atomic mass is 16.5. The molecule has 3 aromatic heterocycles. The summed E-state index contributed by atoms with van der Waals surface area (Å²) in [6, 6.07) is 9.96. The number of hydrogen-bond donors (Lipinski definition) is 2. The van der Waals surface area contributed by atoms with Crippen LogP contribution in [0.25, 0.3) is 27.9 Å². The molecule has 0 spiro atoms. The normalized spacial score (nSPS) is 26.9. The Kier molecular flexibility index (Phi) is 3.18. The van der Waals surface area contributed by atoms with Gasteiger partial charge in [-0.3, -0.25) is 0 Å². The van der Waals surface area contributed by atoms with Crippen LogP contribution in [-0.2, 0) is 0 Å². The van der Waals surface area contributed by atoms with Crippen molar-refractivity contribution in [3.05, 3.63) is 42.7 Å². The molecule has 7 rings (SSSR count). The van der Waals surface area contributed by atoms with Crippen molar-refractivity contribution >= 4 is 22.4 Å². The molecule has 142 valence electrons. The number of rotatable bonds is 3. The fourth-order valence-corrected chi connectivity index (χ4v) is 4.79. The van der Waals surface area contributed by atoms with Crippen LogP contribution >= 0.6 is 0 Å². The molecule has 0 atom stereocenters. The Morgan fingerprint density at radius 2 is 1.82 bits per heavy atom. The van der Waals surface area contributed by atoms with Gasteiger partial charge in [-0.25, -0.2) is 9.50 Å². The van der Waals surface area contributed by atoms with Crippen LogP contribution in [0.15, 0.2) is 47.2 Å². The number of imidazole rings is 1. The van der Waals surface area contributed by atoms with Gasteiger partial charge in [0.05, 0.1) is 23.7 Å². The van der Waals surface area contributed by atoms with E-state index in [2.05, 4.69) is 15.5 Å². The van der Waals surface area contributed by atoms with Crippen molar-refractivity contribution in [1.29, 1.82) is 0 Å². The average Bonchev–Trinajstić information content (AvgIpc) is 3.35. The molecule has 7 heteroatoms. The van der Waals surface area contributed by atoms with E-state index in [0.717, 1.165) is 72.2 Å². The number of aromatic nitrogens is 4. The third-order valence-corrected chi connectivity index (χ3v) is 6.61. The highest BCUT2D eigenvalue weighted by Gasteiger charge is 2.47. The summed E-state index contributed by atoms with van der Waals surface area (Å²) < 4.78 is 7.08. The van der Waals surface area contributed by atoms with Gasteiger partial charge < -0.3 is 14.9 Å². The molecule has 0 radical (unpaired) electrons. The van der Waals surface area contributed by atoms with Crippen molar-refractivity contribution in [2.24, 2.45) is 0 Å². The summed E-state index contributed by atoms with van der Waals surface area (Å²) >= 11 is 0. The first-order valence-electron chi connectivity index (χ1n) is 9.82. The monoisotopic (exact) mass is 375 g/mol. The molecule has 0 unspecified atom stereocenters. The Hall–Kier alpha value is -2.93. The largest absolute Gasteiger partial charge is 0.390 e. The lowest BCUT2D eigenvalue weighted by Gasteiger charge is -2.51. The van der Waals surface area contributed by atoms with Crippen molar-refractivity contribution < 1.29 is 9.63 Å². The molecule has 7 nitrogen and oxygen atoms in total. The molecule has 1 aromatic carbocycles. The lowest BCUT2D eigenvalue weighted by Crippen LogP contribution is -2.53. The summed E-state index contributed by atoms with van der Waals surface area (Å²) in [6.45, 7) is 0. The smallest absolute Gasteiger partial charge is 0.166 e. The molecular formula is C21H21N5O2. The minimum atomic E-state index is -0.432. The molecule has 0 aliphatic heterocycles. The number of anilines is 1. The first-order valence-corrected chi connectivity index (χ1v) is 9.82. The molecule has 4 aromatic rings. The Bertz CT molecular complexity index is 1170. The highest BCUT2D eigenvalue weighted by molar-refractivity contribution is 5.82. The van der Waals surface area contributed by atoms with E-state index < -0.39 is 5.60 Å². The zero-order chi connectivity index (χ0) is 18.8. The van der Waals surface area contributed by atoms with Gasteiger partial charge in [0.2, 0.25) is 0 Å². The quantitative estimate of drug-likeness (QED) is 0.566. The third-order valence-electron chi connectivity index (χ3n) is 6.61. The number of nitrogens with one attached hydrogen (secondary N) is 1. The van der Waals surface area contributed by atoms with Crippen LogP contribution in [0.2, 0.25) is 0 Å². The molecule has 2 bridgehead atoms. The fraction of sp³-hybridized carbons (Fsp3) is 0.381. The van der Waals surface area contributed by atoms with Crippen molar-refractivity contribution in [1.82, 2.24) is 19.8 Å². The second-order valence-corrected chi connectivity index (χ2v) is 8.34. The molecule has 3 saturated carbocycles. The van der Waals surface area contributed by atoms with E-state index in [9.17, 15) is 5.11 Å². The molecule has 3 heterocycles. The number of hydrogen-bond acceptors (Lipinski definition) is 6. The Morgan fingerprint density at radius 1 is 1.00 bits per heavy atom. The van der Waals surface area contributed by atoms with Crippen LogP contribution in [0.4, 0.5) is 5.82 Å². The van der Waals surface area contributed by atoms with Crippen LogP contribution in [0.5, 0.6) is 0 Å². The topological polar surface area (TPSA) is 88.5 Å². The van der Waals surface area contributed by atoms with E-state index in [1.54, 1.807) is 6.20 Å². The minimum Gasteiger partial charge on any atom is -0.390 e. The first-order chi connectivity index (χ1) is 13.6. The molecule has 28 heavy (non-hydrogen) atoms. The maximum absolute atomic E-state index is 10.5. The van der Waals surface area contributed by atoms with Gasteiger partial charge in [-0.1, -0.05) is 5.16 Å². The number of fused-ring (bicyclic) bond motifs is 5. The number of aliphatic hydroxyl groups is 1. The maximum Gasteiger partial charge on any atom is 0.166 e. The van der Waals surface area contributed by atoms with Crippen LogP contribution in [0.3, 0.4) is 0 Å². The van der Waals surface area contributed by atoms with Crippen molar-refractivity contribution in [2.45, 2.75) is 49.7 Å². The SMILES string of the molecule is OC12CCC(Nc3ccc4ncc(-c5ccc6oncc6c5)n4n3)(CC1)CC2. The highest BCUT2D eigenvalue weighted by Crippen LogP contribution is 2.48. The van der Waals surface area contributed by atoms with Gasteiger partial charge in [0.1, 0.15) is 5.82 Å². The van der Waals surface area contributed by atoms with E-state index in [0.29, 0.717) is 0 Å². The van der Waals surface area contributed by atoms with Crippen molar-refractivity contribution in [3.63, 3.8) is 0 Å². The predicted octanol–water partition coefficient (Wildman–Crippen LogP) is 3.79. The maximum atomic E-state index is 10.5. The zero-order valence-corrected chi connectivity index (χ0v) is 15.4. The Morgan fingerprint density at radius 3 is 2.64 bits per heavy atom. The van der Waals surface area contributed by atoms with E-state index in [1.807, 2.05) is 41.0 Å². The summed E-state index contributed by atoms with van der Waals surface area (Å²) in [5, 5.41) is 23.8. The molecule has 3 fully saturated rings. The van der Waals surface area contributed by atoms with Gasteiger partial charge >= 0.3 is 0 Å². The molecule has 0 amide bonds. The number of benzene rings is 1. The van der Waals surface area contributed by atoms with Gasteiger partial charge in [-0.2, -0.15) is 0 Å². The summed E-state index contributed by atoms with van der Waals surface area (Å²) in [7, 11) is 0. The van der Waals surface area contributed by atoms with Crippen LogP contribution < -0.4 is 5.32 Å². The van der Waals surface area contributed by atoms with E-state index in [-0.39, 0.29) is 5.54 Å². The van der Waals surface area contributed by atoms with Crippen LogP contribution in [0.1, 0.15) is 38.5 Å².